The molecular formula is C13H17ClN4O2S. The van der Waals surface area contributed by atoms with Crippen molar-refractivity contribution in [2.24, 2.45) is 0 Å². The SMILES string of the molecule is CNCc1c(S(=O)(=O)Nc2cccc(Cl)c2C)n[nH]c1C. The van der Waals surface area contributed by atoms with Crippen LogP contribution in [-0.2, 0) is 16.6 Å². The maximum atomic E-state index is 12.5. The number of anilines is 1. The van der Waals surface area contributed by atoms with Crippen molar-refractivity contribution in [3.63, 3.8) is 0 Å². The number of aromatic nitrogens is 2. The molecule has 0 saturated carbocycles. The fourth-order valence-corrected chi connectivity index (χ4v) is 3.45. The molecule has 8 heteroatoms. The summed E-state index contributed by atoms with van der Waals surface area (Å²) in [6.07, 6.45) is 0. The van der Waals surface area contributed by atoms with Crippen LogP contribution in [0.1, 0.15) is 16.8 Å². The average molecular weight is 329 g/mol. The Hall–Kier alpha value is -1.57. The summed E-state index contributed by atoms with van der Waals surface area (Å²) in [4.78, 5) is 0. The molecule has 0 unspecified atom stereocenters. The van der Waals surface area contributed by atoms with Gasteiger partial charge in [0.15, 0.2) is 0 Å². The summed E-state index contributed by atoms with van der Waals surface area (Å²) in [5, 5.41) is 10.0. The summed E-state index contributed by atoms with van der Waals surface area (Å²) in [5.41, 5.74) is 2.45. The molecular weight excluding hydrogens is 312 g/mol. The van der Waals surface area contributed by atoms with Crippen molar-refractivity contribution < 1.29 is 8.42 Å². The van der Waals surface area contributed by atoms with Crippen LogP contribution in [0, 0.1) is 13.8 Å². The van der Waals surface area contributed by atoms with Gasteiger partial charge in [-0.2, -0.15) is 13.5 Å². The Morgan fingerprint density at radius 1 is 1.33 bits per heavy atom. The third-order valence-corrected chi connectivity index (χ3v) is 4.90. The van der Waals surface area contributed by atoms with Gasteiger partial charge in [0.25, 0.3) is 10.0 Å². The Bertz CT molecular complexity index is 756. The van der Waals surface area contributed by atoms with Crippen molar-refractivity contribution in [1.82, 2.24) is 15.5 Å². The van der Waals surface area contributed by atoms with Gasteiger partial charge >= 0.3 is 0 Å². The van der Waals surface area contributed by atoms with Crippen LogP contribution in [-0.4, -0.2) is 25.7 Å². The Morgan fingerprint density at radius 3 is 2.71 bits per heavy atom. The lowest BCUT2D eigenvalue weighted by Gasteiger charge is -2.11. The highest BCUT2D eigenvalue weighted by Crippen LogP contribution is 2.26. The van der Waals surface area contributed by atoms with Gasteiger partial charge in [0, 0.05) is 22.8 Å². The largest absolute Gasteiger partial charge is 0.316 e. The van der Waals surface area contributed by atoms with E-state index in [1.807, 2.05) is 0 Å². The van der Waals surface area contributed by atoms with Crippen LogP contribution in [0.5, 0.6) is 0 Å². The molecule has 0 amide bonds. The Balaban J connectivity index is 2.41. The second-order valence-corrected chi connectivity index (χ2v) is 6.69. The molecule has 0 fully saturated rings. The molecule has 0 saturated heterocycles. The van der Waals surface area contributed by atoms with E-state index in [-0.39, 0.29) is 5.03 Å². The maximum Gasteiger partial charge on any atom is 0.281 e. The van der Waals surface area contributed by atoms with Gasteiger partial charge in [-0.1, -0.05) is 17.7 Å². The quantitative estimate of drug-likeness (QED) is 0.785. The van der Waals surface area contributed by atoms with E-state index >= 15 is 0 Å². The maximum absolute atomic E-state index is 12.5. The summed E-state index contributed by atoms with van der Waals surface area (Å²) >= 11 is 6.01. The van der Waals surface area contributed by atoms with E-state index < -0.39 is 10.0 Å². The minimum absolute atomic E-state index is 0.00581. The van der Waals surface area contributed by atoms with E-state index in [0.29, 0.717) is 34.1 Å². The van der Waals surface area contributed by atoms with Gasteiger partial charge in [-0.3, -0.25) is 9.82 Å². The van der Waals surface area contributed by atoms with Gasteiger partial charge in [0.1, 0.15) is 0 Å². The number of rotatable bonds is 5. The molecule has 0 radical (unpaired) electrons. The standard InChI is InChI=1S/C13H17ClN4O2S/c1-8-11(14)5-4-6-12(8)18-21(19,20)13-10(7-15-3)9(2)16-17-13/h4-6,15,18H,7H2,1-3H3,(H,16,17). The van der Waals surface area contributed by atoms with Crippen LogP contribution in [0.25, 0.3) is 0 Å². The lowest BCUT2D eigenvalue weighted by Crippen LogP contribution is -2.18. The second-order valence-electron chi connectivity index (χ2n) is 4.68. The van der Waals surface area contributed by atoms with Crippen LogP contribution < -0.4 is 10.0 Å². The normalized spacial score (nSPS) is 11.6. The number of nitrogens with one attached hydrogen (secondary N) is 3. The number of H-pyrrole nitrogens is 1. The minimum Gasteiger partial charge on any atom is -0.316 e. The predicted molar refractivity (Wildman–Crippen MR) is 83.1 cm³/mol. The molecule has 0 aliphatic carbocycles. The molecule has 114 valence electrons. The van der Waals surface area contributed by atoms with E-state index in [1.54, 1.807) is 39.1 Å². The molecule has 0 aliphatic rings. The highest BCUT2D eigenvalue weighted by molar-refractivity contribution is 7.92. The molecule has 6 nitrogen and oxygen atoms in total. The first-order chi connectivity index (χ1) is 9.86. The highest BCUT2D eigenvalue weighted by Gasteiger charge is 2.24. The molecule has 1 aromatic carbocycles. The monoisotopic (exact) mass is 328 g/mol. The minimum atomic E-state index is -3.78. The number of hydrogen-bond donors (Lipinski definition) is 3. The summed E-state index contributed by atoms with van der Waals surface area (Å²) < 4.78 is 27.6. The number of hydrogen-bond acceptors (Lipinski definition) is 4. The molecule has 0 aliphatic heterocycles. The van der Waals surface area contributed by atoms with Gasteiger partial charge in [0.2, 0.25) is 5.03 Å². The zero-order valence-corrected chi connectivity index (χ0v) is 13.6. The number of nitrogens with zero attached hydrogens (tertiary/aromatic N) is 1. The fraction of sp³-hybridized carbons (Fsp3) is 0.308. The number of benzene rings is 1. The Labute approximate surface area is 129 Å². The second kappa shape index (κ2) is 6.05. The highest BCUT2D eigenvalue weighted by atomic mass is 35.5. The van der Waals surface area contributed by atoms with Crippen LogP contribution >= 0.6 is 11.6 Å². The lowest BCUT2D eigenvalue weighted by molar-refractivity contribution is 0.595. The average Bonchev–Trinajstić information content (AvgIpc) is 2.78. The molecule has 3 N–H and O–H groups in total. The van der Waals surface area contributed by atoms with Gasteiger partial charge in [0.05, 0.1) is 5.69 Å². The molecule has 0 bridgehead atoms. The van der Waals surface area contributed by atoms with Crippen molar-refractivity contribution >= 4 is 27.3 Å². The first-order valence-corrected chi connectivity index (χ1v) is 8.19. The zero-order chi connectivity index (χ0) is 15.6. The van der Waals surface area contributed by atoms with E-state index in [2.05, 4.69) is 20.2 Å². The van der Waals surface area contributed by atoms with Crippen LogP contribution in [0.2, 0.25) is 5.02 Å². The van der Waals surface area contributed by atoms with Crippen molar-refractivity contribution in [3.8, 4) is 0 Å². The third kappa shape index (κ3) is 3.20. The van der Waals surface area contributed by atoms with E-state index in [9.17, 15) is 8.42 Å². The predicted octanol–water partition coefficient (Wildman–Crippen LogP) is 2.20. The van der Waals surface area contributed by atoms with E-state index in [0.717, 1.165) is 0 Å². The summed E-state index contributed by atoms with van der Waals surface area (Å²) in [5.74, 6) is 0. The molecule has 2 aromatic rings. The molecule has 0 atom stereocenters. The number of sulfonamides is 1. The van der Waals surface area contributed by atoms with Crippen molar-refractivity contribution in [2.45, 2.75) is 25.4 Å². The van der Waals surface area contributed by atoms with Gasteiger partial charge in [-0.05, 0) is 38.6 Å². The Kier molecular flexibility index (Phi) is 4.55. The van der Waals surface area contributed by atoms with Crippen molar-refractivity contribution in [3.05, 3.63) is 40.0 Å². The van der Waals surface area contributed by atoms with Crippen LogP contribution in [0.3, 0.4) is 0 Å². The van der Waals surface area contributed by atoms with E-state index in [1.165, 1.54) is 0 Å². The molecule has 2 rings (SSSR count). The number of aromatic amines is 1. The van der Waals surface area contributed by atoms with Gasteiger partial charge in [-0.25, -0.2) is 0 Å². The number of aryl methyl sites for hydroxylation is 1. The van der Waals surface area contributed by atoms with Crippen molar-refractivity contribution in [1.29, 1.82) is 0 Å². The summed E-state index contributed by atoms with van der Waals surface area (Å²) in [7, 11) is -2.03. The summed E-state index contributed by atoms with van der Waals surface area (Å²) in [6, 6.07) is 5.06. The smallest absolute Gasteiger partial charge is 0.281 e. The zero-order valence-electron chi connectivity index (χ0n) is 12.0. The number of halogens is 1. The molecule has 0 spiro atoms. The first-order valence-electron chi connectivity index (χ1n) is 6.33. The third-order valence-electron chi connectivity index (χ3n) is 3.16. The summed E-state index contributed by atoms with van der Waals surface area (Å²) in [6.45, 7) is 3.95. The topological polar surface area (TPSA) is 86.9 Å². The first kappa shape index (κ1) is 15.8. The Morgan fingerprint density at radius 2 is 2.05 bits per heavy atom. The van der Waals surface area contributed by atoms with Gasteiger partial charge < -0.3 is 5.32 Å². The van der Waals surface area contributed by atoms with Crippen molar-refractivity contribution in [2.75, 3.05) is 11.8 Å². The van der Waals surface area contributed by atoms with Crippen LogP contribution in [0.4, 0.5) is 5.69 Å². The molecule has 1 heterocycles. The van der Waals surface area contributed by atoms with Crippen LogP contribution in [0.15, 0.2) is 23.2 Å². The molecule has 1 aromatic heterocycles. The van der Waals surface area contributed by atoms with Gasteiger partial charge in [-0.15, -0.1) is 0 Å². The molecule has 21 heavy (non-hydrogen) atoms. The lowest BCUT2D eigenvalue weighted by atomic mass is 10.2. The van der Waals surface area contributed by atoms with E-state index in [4.69, 9.17) is 11.6 Å². The fourth-order valence-electron chi connectivity index (χ4n) is 1.95.